The van der Waals surface area contributed by atoms with Crippen molar-refractivity contribution < 1.29 is 14.6 Å². The molecular formula is C24H40MgO3. The topological polar surface area (TPSA) is 46.5 Å². The molecule has 0 spiro atoms. The first kappa shape index (κ1) is 29.1. The molecule has 1 N–H and O–H groups in total. The Morgan fingerprint density at radius 3 is 1.68 bits per heavy atom. The van der Waals surface area contributed by atoms with E-state index in [-0.39, 0.29) is 23.1 Å². The Kier molecular flexibility index (Phi) is 24.9. The van der Waals surface area contributed by atoms with Crippen molar-refractivity contribution in [3.05, 3.63) is 60.8 Å². The van der Waals surface area contributed by atoms with Gasteiger partial charge in [-0.2, -0.15) is 0 Å². The predicted molar refractivity (Wildman–Crippen MR) is 125 cm³/mol. The highest BCUT2D eigenvalue weighted by atomic mass is 24.3. The molecule has 0 rings (SSSR count). The third kappa shape index (κ3) is 21.2. The maximum Gasteiger partial charge on any atom is 0.332 e. The molecule has 0 aliphatic heterocycles. The van der Waals surface area contributed by atoms with Crippen molar-refractivity contribution in [3.63, 3.8) is 0 Å². The van der Waals surface area contributed by atoms with Crippen LogP contribution in [0.1, 0.15) is 71.6 Å². The molecule has 0 bridgehead atoms. The quantitative estimate of drug-likeness (QED) is 0.188. The highest BCUT2D eigenvalue weighted by molar-refractivity contribution is 5.75. The van der Waals surface area contributed by atoms with Gasteiger partial charge in [-0.25, -0.2) is 4.79 Å². The number of carbonyl (C=O) groups is 1. The fraction of sp³-hybridized carbons (Fsp3) is 0.542. The Morgan fingerprint density at radius 2 is 1.25 bits per heavy atom. The molecule has 0 aromatic carbocycles. The summed E-state index contributed by atoms with van der Waals surface area (Å²) in [4.78, 5) is 10.8. The van der Waals surface area contributed by atoms with Gasteiger partial charge in [-0.05, 0) is 57.8 Å². The minimum absolute atomic E-state index is 0. The van der Waals surface area contributed by atoms with Crippen molar-refractivity contribution >= 4 is 29.0 Å². The number of allylic oxidation sites excluding steroid dienone is 10. The van der Waals surface area contributed by atoms with Crippen LogP contribution in [0.3, 0.4) is 0 Å². The lowest BCUT2D eigenvalue weighted by molar-refractivity contribution is -0.150. The Balaban J connectivity index is 0. The van der Waals surface area contributed by atoms with Crippen molar-refractivity contribution in [2.75, 3.05) is 6.61 Å². The van der Waals surface area contributed by atoms with Gasteiger partial charge in [0.1, 0.15) is 0 Å². The monoisotopic (exact) mass is 400 g/mol. The van der Waals surface area contributed by atoms with Gasteiger partial charge >= 0.3 is 29.0 Å². The van der Waals surface area contributed by atoms with Crippen LogP contribution in [0.2, 0.25) is 0 Å². The van der Waals surface area contributed by atoms with Gasteiger partial charge in [-0.1, -0.05) is 74.6 Å². The van der Waals surface area contributed by atoms with E-state index in [0.29, 0.717) is 13.0 Å². The molecule has 0 amide bonds. The van der Waals surface area contributed by atoms with E-state index in [1.807, 2.05) is 6.92 Å². The van der Waals surface area contributed by atoms with Crippen molar-refractivity contribution in [2.24, 2.45) is 0 Å². The highest BCUT2D eigenvalue weighted by Gasteiger charge is 2.14. The summed E-state index contributed by atoms with van der Waals surface area (Å²) >= 11 is 0. The minimum atomic E-state index is -0.865. The number of hydrogen-bond acceptors (Lipinski definition) is 2. The van der Waals surface area contributed by atoms with E-state index in [2.05, 4.69) is 67.7 Å². The molecule has 0 saturated carbocycles. The van der Waals surface area contributed by atoms with Crippen LogP contribution >= 0.6 is 0 Å². The molecule has 0 saturated heterocycles. The smallest absolute Gasteiger partial charge is 0.332 e. The van der Waals surface area contributed by atoms with Gasteiger partial charge in [-0.15, -0.1) is 0 Å². The van der Waals surface area contributed by atoms with E-state index in [9.17, 15) is 4.79 Å². The number of unbranched alkanes of at least 4 members (excludes halogenated alkanes) is 2. The SMILES string of the molecule is CC/C=C\C/C=C\C/C=C\C/C=C\C/C=C\CCCCOC(CC)C(=O)O.[MgH2]. The Labute approximate surface area is 188 Å². The molecule has 0 aromatic rings. The summed E-state index contributed by atoms with van der Waals surface area (Å²) in [5.41, 5.74) is 0. The van der Waals surface area contributed by atoms with Gasteiger partial charge in [0.25, 0.3) is 0 Å². The van der Waals surface area contributed by atoms with Crippen LogP contribution in [-0.2, 0) is 9.53 Å². The first-order valence-corrected chi connectivity index (χ1v) is 10.3. The van der Waals surface area contributed by atoms with E-state index in [0.717, 1.165) is 51.4 Å². The lowest BCUT2D eigenvalue weighted by Crippen LogP contribution is -2.23. The van der Waals surface area contributed by atoms with Crippen LogP contribution in [0.5, 0.6) is 0 Å². The molecule has 0 aliphatic rings. The van der Waals surface area contributed by atoms with Crippen molar-refractivity contribution in [1.82, 2.24) is 0 Å². The molecule has 156 valence electrons. The fourth-order valence-electron chi connectivity index (χ4n) is 2.32. The van der Waals surface area contributed by atoms with E-state index >= 15 is 0 Å². The molecule has 1 unspecified atom stereocenters. The van der Waals surface area contributed by atoms with Crippen LogP contribution in [0, 0.1) is 0 Å². The molecule has 0 radical (unpaired) electrons. The highest BCUT2D eigenvalue weighted by Crippen LogP contribution is 2.03. The number of carboxylic acids is 1. The molecular weight excluding hydrogens is 361 g/mol. The third-order valence-electron chi connectivity index (χ3n) is 3.89. The van der Waals surface area contributed by atoms with Crippen LogP contribution in [0.15, 0.2) is 60.8 Å². The van der Waals surface area contributed by atoms with Gasteiger partial charge in [0, 0.05) is 6.61 Å². The molecule has 3 nitrogen and oxygen atoms in total. The molecule has 1 atom stereocenters. The van der Waals surface area contributed by atoms with E-state index in [1.54, 1.807) is 0 Å². The van der Waals surface area contributed by atoms with Gasteiger partial charge in [-0.3, -0.25) is 0 Å². The average Bonchev–Trinajstić information content (AvgIpc) is 2.66. The minimum Gasteiger partial charge on any atom is -0.479 e. The summed E-state index contributed by atoms with van der Waals surface area (Å²) in [6.07, 6.45) is 29.9. The lowest BCUT2D eigenvalue weighted by atomic mass is 10.2. The van der Waals surface area contributed by atoms with Crippen LogP contribution in [-0.4, -0.2) is 46.8 Å². The molecule has 0 aliphatic carbocycles. The van der Waals surface area contributed by atoms with Gasteiger partial charge in [0.15, 0.2) is 6.10 Å². The average molecular weight is 401 g/mol. The standard InChI is InChI=1S/C24H38O3.Mg.2H/c1-3-5-6-7-8-9-10-11-12-13-14-15-16-17-18-19-20-21-22-27-23(4-2)24(25)26;;;/h5-6,8-9,11-12,14-15,17-18,23H,3-4,7,10,13,16,19-22H2,1-2H3,(H,25,26);;;/b6-5-,9-8-,12-11-,15-14-,18-17-;;;. The number of ether oxygens (including phenoxy) is 1. The van der Waals surface area contributed by atoms with Gasteiger partial charge < -0.3 is 9.84 Å². The number of aliphatic carboxylic acids is 1. The van der Waals surface area contributed by atoms with E-state index < -0.39 is 12.1 Å². The first-order valence-electron chi connectivity index (χ1n) is 10.3. The van der Waals surface area contributed by atoms with Crippen LogP contribution in [0.25, 0.3) is 0 Å². The van der Waals surface area contributed by atoms with E-state index in [4.69, 9.17) is 9.84 Å². The zero-order valence-corrected chi connectivity index (χ0v) is 17.2. The summed E-state index contributed by atoms with van der Waals surface area (Å²) in [7, 11) is 0. The fourth-order valence-corrected chi connectivity index (χ4v) is 2.32. The van der Waals surface area contributed by atoms with Crippen molar-refractivity contribution in [2.45, 2.75) is 77.7 Å². The largest absolute Gasteiger partial charge is 0.479 e. The second kappa shape index (κ2) is 23.9. The summed E-state index contributed by atoms with van der Waals surface area (Å²) in [6.45, 7) is 4.50. The Bertz CT molecular complexity index is 490. The normalized spacial score (nSPS) is 13.4. The summed E-state index contributed by atoms with van der Waals surface area (Å²) in [6, 6.07) is 0. The summed E-state index contributed by atoms with van der Waals surface area (Å²) in [5, 5.41) is 8.87. The van der Waals surface area contributed by atoms with E-state index in [1.165, 1.54) is 0 Å². The Hall–Kier alpha value is -1.10. The lowest BCUT2D eigenvalue weighted by Gasteiger charge is -2.10. The number of hydrogen-bond donors (Lipinski definition) is 1. The summed E-state index contributed by atoms with van der Waals surface area (Å²) < 4.78 is 5.33. The second-order valence-corrected chi connectivity index (χ2v) is 6.31. The van der Waals surface area contributed by atoms with Crippen LogP contribution < -0.4 is 0 Å². The maximum absolute atomic E-state index is 10.8. The van der Waals surface area contributed by atoms with Gasteiger partial charge in [0.05, 0.1) is 0 Å². The van der Waals surface area contributed by atoms with Crippen LogP contribution in [0.4, 0.5) is 0 Å². The van der Waals surface area contributed by atoms with Gasteiger partial charge in [0.2, 0.25) is 0 Å². The molecule has 4 heteroatoms. The van der Waals surface area contributed by atoms with Crippen molar-refractivity contribution in [3.8, 4) is 0 Å². The summed E-state index contributed by atoms with van der Waals surface area (Å²) in [5.74, 6) is -0.865. The maximum atomic E-state index is 10.8. The second-order valence-electron chi connectivity index (χ2n) is 6.31. The molecule has 28 heavy (non-hydrogen) atoms. The molecule has 0 fully saturated rings. The Morgan fingerprint density at radius 1 is 0.786 bits per heavy atom. The zero-order valence-electron chi connectivity index (χ0n) is 17.2. The predicted octanol–water partition coefficient (Wildman–Crippen LogP) is 5.87. The molecule has 0 heterocycles. The third-order valence-corrected chi connectivity index (χ3v) is 3.89. The number of carboxylic acid groups (broad SMARTS) is 1. The number of rotatable bonds is 17. The molecule has 0 aromatic heterocycles. The zero-order chi connectivity index (χ0) is 20.0. The first-order chi connectivity index (χ1) is 13.2. The van der Waals surface area contributed by atoms with Crippen molar-refractivity contribution in [1.29, 1.82) is 0 Å².